The Balaban J connectivity index is 1.66. The van der Waals surface area contributed by atoms with Gasteiger partial charge in [0, 0.05) is 5.02 Å². The third-order valence-corrected chi connectivity index (χ3v) is 4.90. The van der Waals surface area contributed by atoms with E-state index in [0.717, 1.165) is 11.8 Å². The van der Waals surface area contributed by atoms with Crippen LogP contribution < -0.4 is 10.1 Å². The van der Waals surface area contributed by atoms with Crippen molar-refractivity contribution in [1.82, 2.24) is 15.2 Å². The lowest BCUT2D eigenvalue weighted by atomic mass is 10.2. The number of carbonyl (C=O) groups excluding carboxylic acids is 2. The minimum atomic E-state index is -0.525. The maximum Gasteiger partial charge on any atom is 0.339 e. The van der Waals surface area contributed by atoms with Crippen molar-refractivity contribution in [2.75, 3.05) is 25.3 Å². The van der Waals surface area contributed by atoms with Gasteiger partial charge in [-0.1, -0.05) is 35.5 Å². The molecule has 0 saturated carbocycles. The molecule has 3 rings (SSSR count). The van der Waals surface area contributed by atoms with Crippen molar-refractivity contribution in [2.24, 2.45) is 0 Å². The zero-order valence-corrected chi connectivity index (χ0v) is 17.1. The molecule has 0 aliphatic heterocycles. The fraction of sp³-hybridized carbons (Fsp3) is 0.158. The van der Waals surface area contributed by atoms with Crippen LogP contribution in [0.25, 0.3) is 11.4 Å². The number of H-pyrrole nitrogens is 1. The number of anilines is 1. The number of halogens is 1. The Labute approximate surface area is 176 Å². The number of esters is 1. The Kier molecular flexibility index (Phi) is 6.73. The highest BCUT2D eigenvalue weighted by Crippen LogP contribution is 2.31. The van der Waals surface area contributed by atoms with Crippen LogP contribution in [0, 0.1) is 0 Å². The van der Waals surface area contributed by atoms with E-state index in [1.165, 1.54) is 7.11 Å². The first-order chi connectivity index (χ1) is 14.0. The number of hydrogen-bond acceptors (Lipinski definition) is 7. The Morgan fingerprint density at radius 3 is 2.76 bits per heavy atom. The van der Waals surface area contributed by atoms with Gasteiger partial charge in [-0.05, 0) is 30.3 Å². The van der Waals surface area contributed by atoms with E-state index in [1.807, 2.05) is 0 Å². The van der Waals surface area contributed by atoms with Crippen LogP contribution in [-0.4, -0.2) is 47.0 Å². The van der Waals surface area contributed by atoms with Crippen LogP contribution >= 0.6 is 23.4 Å². The van der Waals surface area contributed by atoms with Crippen LogP contribution in [0.3, 0.4) is 0 Å². The predicted molar refractivity (Wildman–Crippen MR) is 111 cm³/mol. The Morgan fingerprint density at radius 1 is 1.21 bits per heavy atom. The van der Waals surface area contributed by atoms with E-state index in [2.05, 4.69) is 20.5 Å². The highest BCUT2D eigenvalue weighted by molar-refractivity contribution is 7.99. The molecule has 8 nitrogen and oxygen atoms in total. The average molecular weight is 433 g/mol. The molecule has 2 N–H and O–H groups in total. The molecule has 0 unspecified atom stereocenters. The van der Waals surface area contributed by atoms with Gasteiger partial charge < -0.3 is 14.8 Å². The number of benzene rings is 2. The largest absolute Gasteiger partial charge is 0.496 e. The summed E-state index contributed by atoms with van der Waals surface area (Å²) in [5, 5.41) is 10.5. The molecule has 1 aromatic heterocycles. The first-order valence-corrected chi connectivity index (χ1v) is 9.74. The van der Waals surface area contributed by atoms with E-state index < -0.39 is 5.97 Å². The minimum Gasteiger partial charge on any atom is -0.496 e. The lowest BCUT2D eigenvalue weighted by Gasteiger charge is -2.08. The van der Waals surface area contributed by atoms with Crippen molar-refractivity contribution in [1.29, 1.82) is 0 Å². The van der Waals surface area contributed by atoms with Gasteiger partial charge in [0.15, 0.2) is 5.82 Å². The number of hydrogen-bond donors (Lipinski definition) is 2. The van der Waals surface area contributed by atoms with Gasteiger partial charge in [-0.25, -0.2) is 9.78 Å². The number of carbonyl (C=O) groups is 2. The van der Waals surface area contributed by atoms with Crippen molar-refractivity contribution in [3.05, 3.63) is 53.1 Å². The van der Waals surface area contributed by atoms with Crippen molar-refractivity contribution in [3.63, 3.8) is 0 Å². The lowest BCUT2D eigenvalue weighted by molar-refractivity contribution is -0.113. The van der Waals surface area contributed by atoms with Gasteiger partial charge in [0.1, 0.15) is 5.75 Å². The van der Waals surface area contributed by atoms with Crippen LogP contribution in [0.1, 0.15) is 10.4 Å². The van der Waals surface area contributed by atoms with Crippen LogP contribution in [-0.2, 0) is 9.53 Å². The second kappa shape index (κ2) is 9.44. The Bertz CT molecular complexity index is 1040. The van der Waals surface area contributed by atoms with Crippen molar-refractivity contribution < 1.29 is 19.1 Å². The molecule has 1 amide bonds. The molecular formula is C19H17ClN4O4S. The van der Waals surface area contributed by atoms with Crippen molar-refractivity contribution in [3.8, 4) is 17.1 Å². The predicted octanol–water partition coefficient (Wildman–Crippen LogP) is 3.65. The molecule has 0 fully saturated rings. The van der Waals surface area contributed by atoms with E-state index in [9.17, 15) is 9.59 Å². The number of aromatic nitrogens is 3. The third kappa shape index (κ3) is 5.07. The second-order valence-electron chi connectivity index (χ2n) is 5.69. The van der Waals surface area contributed by atoms with Gasteiger partial charge in [0.25, 0.3) is 0 Å². The van der Waals surface area contributed by atoms with Gasteiger partial charge in [-0.15, -0.1) is 5.10 Å². The number of para-hydroxylation sites is 1. The van der Waals surface area contributed by atoms with Crippen LogP contribution in [0.2, 0.25) is 5.02 Å². The zero-order valence-electron chi connectivity index (χ0n) is 15.6. The van der Waals surface area contributed by atoms with Gasteiger partial charge in [0.2, 0.25) is 11.1 Å². The van der Waals surface area contributed by atoms with E-state index >= 15 is 0 Å². The van der Waals surface area contributed by atoms with Crippen molar-refractivity contribution in [2.45, 2.75) is 5.16 Å². The molecule has 0 aliphatic carbocycles. The SMILES string of the molecule is COC(=O)c1ccccc1NC(=O)CSc1n[nH]c(-c2cc(Cl)ccc2OC)n1. The number of thioether (sulfide) groups is 1. The van der Waals surface area contributed by atoms with E-state index in [1.54, 1.807) is 49.6 Å². The van der Waals surface area contributed by atoms with Gasteiger partial charge in [-0.3, -0.25) is 9.89 Å². The molecule has 0 aliphatic rings. The molecule has 0 bridgehead atoms. The summed E-state index contributed by atoms with van der Waals surface area (Å²) in [5.41, 5.74) is 1.32. The molecule has 2 aromatic carbocycles. The summed E-state index contributed by atoms with van der Waals surface area (Å²) in [6.45, 7) is 0. The van der Waals surface area contributed by atoms with Crippen molar-refractivity contribution >= 4 is 40.9 Å². The topological polar surface area (TPSA) is 106 Å². The van der Waals surface area contributed by atoms with E-state index in [4.69, 9.17) is 21.1 Å². The number of methoxy groups -OCH3 is 2. The lowest BCUT2D eigenvalue weighted by Crippen LogP contribution is -2.17. The highest BCUT2D eigenvalue weighted by Gasteiger charge is 2.15. The molecule has 0 radical (unpaired) electrons. The van der Waals surface area contributed by atoms with E-state index in [0.29, 0.717) is 33.0 Å². The molecule has 0 saturated heterocycles. The fourth-order valence-corrected chi connectivity index (χ4v) is 3.26. The van der Waals surface area contributed by atoms with Crippen LogP contribution in [0.5, 0.6) is 5.75 Å². The second-order valence-corrected chi connectivity index (χ2v) is 7.06. The summed E-state index contributed by atoms with van der Waals surface area (Å²) >= 11 is 7.19. The molecule has 1 heterocycles. The average Bonchev–Trinajstić information content (AvgIpc) is 3.21. The monoisotopic (exact) mass is 432 g/mol. The van der Waals surface area contributed by atoms with Gasteiger partial charge >= 0.3 is 5.97 Å². The van der Waals surface area contributed by atoms with Gasteiger partial charge in [0.05, 0.1) is 36.8 Å². The summed E-state index contributed by atoms with van der Waals surface area (Å²) in [7, 11) is 2.84. The molecule has 10 heteroatoms. The molecule has 29 heavy (non-hydrogen) atoms. The Morgan fingerprint density at radius 2 is 2.00 bits per heavy atom. The molecule has 3 aromatic rings. The zero-order chi connectivity index (χ0) is 20.8. The highest BCUT2D eigenvalue weighted by atomic mass is 35.5. The minimum absolute atomic E-state index is 0.0550. The molecular weight excluding hydrogens is 416 g/mol. The number of nitrogens with one attached hydrogen (secondary N) is 2. The fourth-order valence-electron chi connectivity index (χ4n) is 2.49. The summed E-state index contributed by atoms with van der Waals surface area (Å²) in [6.07, 6.45) is 0. The van der Waals surface area contributed by atoms with Gasteiger partial charge in [-0.2, -0.15) is 0 Å². The molecule has 0 atom stereocenters. The standard InChI is InChI=1S/C19H17ClN4O4S/c1-27-15-8-7-11(20)9-13(15)17-22-19(24-23-17)29-10-16(25)21-14-6-4-3-5-12(14)18(26)28-2/h3-9H,10H2,1-2H3,(H,21,25)(H,22,23,24). The van der Waals surface area contributed by atoms with Crippen LogP contribution in [0.4, 0.5) is 5.69 Å². The van der Waals surface area contributed by atoms with Crippen LogP contribution in [0.15, 0.2) is 47.6 Å². The first-order valence-electron chi connectivity index (χ1n) is 8.38. The third-order valence-electron chi connectivity index (χ3n) is 3.82. The maximum absolute atomic E-state index is 12.3. The number of ether oxygens (including phenoxy) is 2. The smallest absolute Gasteiger partial charge is 0.339 e. The van der Waals surface area contributed by atoms with E-state index in [-0.39, 0.29) is 17.2 Å². The normalized spacial score (nSPS) is 10.4. The maximum atomic E-state index is 12.3. The summed E-state index contributed by atoms with van der Waals surface area (Å²) in [4.78, 5) is 28.4. The number of nitrogens with zero attached hydrogens (tertiary/aromatic N) is 2. The Hall–Kier alpha value is -3.04. The quantitative estimate of drug-likeness (QED) is 0.433. The summed E-state index contributed by atoms with van der Waals surface area (Å²) < 4.78 is 10.0. The first kappa shape index (κ1) is 20.7. The number of rotatable bonds is 7. The number of aromatic amines is 1. The number of amides is 1. The summed E-state index contributed by atoms with van der Waals surface area (Å²) in [5.74, 6) is 0.294. The summed E-state index contributed by atoms with van der Waals surface area (Å²) in [6, 6.07) is 11.8. The molecule has 0 spiro atoms. The molecule has 150 valence electrons.